The molecule has 2 heterocycles. The van der Waals surface area contributed by atoms with Gasteiger partial charge >= 0.3 is 0 Å². The van der Waals surface area contributed by atoms with E-state index >= 15 is 0 Å². The van der Waals surface area contributed by atoms with Gasteiger partial charge in [0.2, 0.25) is 0 Å². The van der Waals surface area contributed by atoms with Gasteiger partial charge in [0.05, 0.1) is 10.3 Å². The van der Waals surface area contributed by atoms with Crippen molar-refractivity contribution in [2.45, 2.75) is 13.3 Å². The van der Waals surface area contributed by atoms with Crippen molar-refractivity contribution in [2.75, 3.05) is 5.73 Å². The number of non-ortho nitro benzene ring substituents is 1. The molecule has 0 atom stereocenters. The SMILES string of the molecule is CCc1cn(-c2ccc([N+](=O)[O-])cc2)c2ncnc(N)c12. The molecular weight excluding hydrogens is 270 g/mol. The van der Waals surface area contributed by atoms with E-state index in [-0.39, 0.29) is 5.69 Å². The van der Waals surface area contributed by atoms with Crippen LogP contribution in [-0.2, 0) is 6.42 Å². The van der Waals surface area contributed by atoms with Gasteiger partial charge in [-0.2, -0.15) is 0 Å². The van der Waals surface area contributed by atoms with Crippen LogP contribution >= 0.6 is 0 Å². The second-order valence-electron chi connectivity index (χ2n) is 4.61. The Bertz CT molecular complexity index is 823. The summed E-state index contributed by atoms with van der Waals surface area (Å²) in [6.45, 7) is 2.03. The van der Waals surface area contributed by atoms with E-state index < -0.39 is 4.92 Å². The highest BCUT2D eigenvalue weighted by Gasteiger charge is 2.14. The highest BCUT2D eigenvalue weighted by Crippen LogP contribution is 2.27. The maximum absolute atomic E-state index is 10.7. The van der Waals surface area contributed by atoms with Gasteiger partial charge in [-0.05, 0) is 24.1 Å². The third-order valence-corrected chi connectivity index (χ3v) is 3.41. The van der Waals surface area contributed by atoms with Crippen molar-refractivity contribution in [3.63, 3.8) is 0 Å². The van der Waals surface area contributed by atoms with E-state index in [4.69, 9.17) is 5.73 Å². The van der Waals surface area contributed by atoms with Gasteiger partial charge in [0.15, 0.2) is 0 Å². The standard InChI is InChI=1S/C14H13N5O2/c1-2-9-7-18(14-12(9)13(15)16-8-17-14)10-3-5-11(6-4-10)19(20)21/h3-8H,2H2,1H3,(H2,15,16,17). The van der Waals surface area contributed by atoms with Gasteiger partial charge < -0.3 is 10.3 Å². The van der Waals surface area contributed by atoms with Crippen LogP contribution in [0.1, 0.15) is 12.5 Å². The van der Waals surface area contributed by atoms with Crippen LogP contribution in [0, 0.1) is 10.1 Å². The lowest BCUT2D eigenvalue weighted by atomic mass is 10.2. The normalized spacial score (nSPS) is 10.9. The maximum atomic E-state index is 10.7. The second kappa shape index (κ2) is 4.86. The summed E-state index contributed by atoms with van der Waals surface area (Å²) >= 11 is 0. The average molecular weight is 283 g/mol. The molecule has 0 fully saturated rings. The number of fused-ring (bicyclic) bond motifs is 1. The molecule has 2 N–H and O–H groups in total. The molecule has 0 amide bonds. The first kappa shape index (κ1) is 13.0. The number of nitrogens with two attached hydrogens (primary N) is 1. The molecule has 2 aromatic heterocycles. The summed E-state index contributed by atoms with van der Waals surface area (Å²) in [7, 11) is 0. The lowest BCUT2D eigenvalue weighted by Gasteiger charge is -2.04. The zero-order valence-corrected chi connectivity index (χ0v) is 11.4. The van der Waals surface area contributed by atoms with Crippen LogP contribution in [0.3, 0.4) is 0 Å². The number of nitrogens with zero attached hydrogens (tertiary/aromatic N) is 4. The predicted molar refractivity (Wildman–Crippen MR) is 79.3 cm³/mol. The Labute approximate surface area is 120 Å². The van der Waals surface area contributed by atoms with E-state index in [0.717, 1.165) is 23.1 Å². The number of nitrogen functional groups attached to an aromatic ring is 1. The van der Waals surface area contributed by atoms with Crippen molar-refractivity contribution in [1.82, 2.24) is 14.5 Å². The Morgan fingerprint density at radius 3 is 2.62 bits per heavy atom. The summed E-state index contributed by atoms with van der Waals surface area (Å²) < 4.78 is 1.87. The average Bonchev–Trinajstić information content (AvgIpc) is 2.87. The number of hydrogen-bond donors (Lipinski definition) is 1. The molecule has 7 heteroatoms. The van der Waals surface area contributed by atoms with Crippen LogP contribution < -0.4 is 5.73 Å². The van der Waals surface area contributed by atoms with Crippen molar-refractivity contribution >= 4 is 22.5 Å². The number of rotatable bonds is 3. The highest BCUT2D eigenvalue weighted by atomic mass is 16.6. The fourth-order valence-electron chi connectivity index (χ4n) is 2.36. The highest BCUT2D eigenvalue weighted by molar-refractivity contribution is 5.90. The first-order valence-corrected chi connectivity index (χ1v) is 6.47. The van der Waals surface area contributed by atoms with E-state index in [1.54, 1.807) is 12.1 Å². The molecule has 0 aliphatic carbocycles. The maximum Gasteiger partial charge on any atom is 0.269 e. The molecule has 106 valence electrons. The minimum atomic E-state index is -0.421. The van der Waals surface area contributed by atoms with E-state index in [1.807, 2.05) is 17.7 Å². The molecule has 0 unspecified atom stereocenters. The Morgan fingerprint density at radius 1 is 1.29 bits per heavy atom. The minimum absolute atomic E-state index is 0.0556. The molecule has 0 aliphatic rings. The van der Waals surface area contributed by atoms with E-state index in [9.17, 15) is 10.1 Å². The number of nitro benzene ring substituents is 1. The zero-order chi connectivity index (χ0) is 15.0. The fraction of sp³-hybridized carbons (Fsp3) is 0.143. The first-order chi connectivity index (χ1) is 10.1. The molecule has 0 spiro atoms. The Morgan fingerprint density at radius 2 is 2.00 bits per heavy atom. The molecule has 3 aromatic rings. The minimum Gasteiger partial charge on any atom is -0.383 e. The van der Waals surface area contributed by atoms with Crippen molar-refractivity contribution in [3.8, 4) is 5.69 Å². The molecule has 21 heavy (non-hydrogen) atoms. The largest absolute Gasteiger partial charge is 0.383 e. The van der Waals surface area contributed by atoms with Gasteiger partial charge in [-0.15, -0.1) is 0 Å². The number of aromatic nitrogens is 3. The smallest absolute Gasteiger partial charge is 0.269 e. The number of benzene rings is 1. The first-order valence-electron chi connectivity index (χ1n) is 6.47. The molecule has 0 bridgehead atoms. The van der Waals surface area contributed by atoms with Crippen LogP contribution in [0.15, 0.2) is 36.8 Å². The zero-order valence-electron chi connectivity index (χ0n) is 11.4. The van der Waals surface area contributed by atoms with Crippen molar-refractivity contribution < 1.29 is 4.92 Å². The molecule has 0 radical (unpaired) electrons. The van der Waals surface area contributed by atoms with Crippen LogP contribution in [0.2, 0.25) is 0 Å². The monoisotopic (exact) mass is 283 g/mol. The van der Waals surface area contributed by atoms with Gasteiger partial charge in [-0.1, -0.05) is 6.92 Å². The third-order valence-electron chi connectivity index (χ3n) is 3.41. The molecule has 1 aromatic carbocycles. The fourth-order valence-corrected chi connectivity index (χ4v) is 2.36. The predicted octanol–water partition coefficient (Wildman–Crippen LogP) is 2.47. The number of anilines is 1. The summed E-state index contributed by atoms with van der Waals surface area (Å²) in [6, 6.07) is 6.32. The number of hydrogen-bond acceptors (Lipinski definition) is 5. The van der Waals surface area contributed by atoms with Crippen LogP contribution in [-0.4, -0.2) is 19.5 Å². The van der Waals surface area contributed by atoms with Gasteiger partial charge in [0.1, 0.15) is 17.8 Å². The summed E-state index contributed by atoms with van der Waals surface area (Å²) in [4.78, 5) is 18.6. The number of nitro groups is 1. The summed E-state index contributed by atoms with van der Waals surface area (Å²) in [5, 5.41) is 11.5. The topological polar surface area (TPSA) is 99.9 Å². The molecular formula is C14H13N5O2. The molecule has 3 rings (SSSR count). The quantitative estimate of drug-likeness (QED) is 0.588. The van der Waals surface area contributed by atoms with Crippen molar-refractivity contribution in [1.29, 1.82) is 0 Å². The molecule has 0 saturated heterocycles. The Balaban J connectivity index is 2.20. The summed E-state index contributed by atoms with van der Waals surface area (Å²) in [6.07, 6.45) is 4.16. The van der Waals surface area contributed by atoms with Gasteiger partial charge in [-0.3, -0.25) is 10.1 Å². The second-order valence-corrected chi connectivity index (χ2v) is 4.61. The van der Waals surface area contributed by atoms with Gasteiger partial charge in [0, 0.05) is 24.0 Å². The van der Waals surface area contributed by atoms with Gasteiger partial charge in [0.25, 0.3) is 5.69 Å². The molecule has 0 aliphatic heterocycles. The van der Waals surface area contributed by atoms with E-state index in [0.29, 0.717) is 11.5 Å². The van der Waals surface area contributed by atoms with Crippen molar-refractivity contribution in [3.05, 3.63) is 52.5 Å². The summed E-state index contributed by atoms with van der Waals surface area (Å²) in [5.41, 5.74) is 8.53. The molecule has 0 saturated carbocycles. The lowest BCUT2D eigenvalue weighted by Crippen LogP contribution is -1.97. The van der Waals surface area contributed by atoms with E-state index in [2.05, 4.69) is 9.97 Å². The Hall–Kier alpha value is -2.96. The van der Waals surface area contributed by atoms with Gasteiger partial charge in [-0.25, -0.2) is 9.97 Å². The van der Waals surface area contributed by atoms with E-state index in [1.165, 1.54) is 18.5 Å². The third kappa shape index (κ3) is 2.08. The summed E-state index contributed by atoms with van der Waals surface area (Å²) in [5.74, 6) is 0.442. The molecule has 7 nitrogen and oxygen atoms in total. The van der Waals surface area contributed by atoms with Crippen LogP contribution in [0.4, 0.5) is 11.5 Å². The van der Waals surface area contributed by atoms with Crippen LogP contribution in [0.25, 0.3) is 16.7 Å². The lowest BCUT2D eigenvalue weighted by molar-refractivity contribution is -0.384. The van der Waals surface area contributed by atoms with Crippen LogP contribution in [0.5, 0.6) is 0 Å². The number of aryl methyl sites for hydroxylation is 1. The Kier molecular flexibility index (Phi) is 3.02. The van der Waals surface area contributed by atoms with Crippen molar-refractivity contribution in [2.24, 2.45) is 0 Å².